The molecule has 0 spiro atoms. The van der Waals surface area contributed by atoms with E-state index in [9.17, 15) is 9.18 Å². The molecule has 2 aromatic rings. The molecule has 0 aliphatic carbocycles. The maximum absolute atomic E-state index is 13.2. The standard InChI is InChI=1S/C9H4BrFO3/c10-5-1-4-2-7(9(12)13)14-8(4)6(11)3-5/h1-3H,(H,12,13). The van der Waals surface area contributed by atoms with Crippen LogP contribution in [0, 0.1) is 5.82 Å². The molecule has 5 heteroatoms. The fourth-order valence-corrected chi connectivity index (χ4v) is 1.63. The van der Waals surface area contributed by atoms with E-state index in [1.807, 2.05) is 0 Å². The molecule has 0 unspecified atom stereocenters. The lowest BCUT2D eigenvalue weighted by atomic mass is 10.2. The van der Waals surface area contributed by atoms with E-state index < -0.39 is 11.8 Å². The molecule has 0 fully saturated rings. The quantitative estimate of drug-likeness (QED) is 0.856. The minimum atomic E-state index is -1.21. The second kappa shape index (κ2) is 3.09. The molecule has 1 aromatic heterocycles. The van der Waals surface area contributed by atoms with Gasteiger partial charge in [0.25, 0.3) is 0 Å². The summed E-state index contributed by atoms with van der Waals surface area (Å²) < 4.78 is 18.6. The number of hydrogen-bond donors (Lipinski definition) is 1. The third-order valence-electron chi connectivity index (χ3n) is 1.75. The first-order valence-corrected chi connectivity index (χ1v) is 4.49. The van der Waals surface area contributed by atoms with Crippen LogP contribution in [0.25, 0.3) is 11.0 Å². The number of benzene rings is 1. The Morgan fingerprint density at radius 3 is 2.79 bits per heavy atom. The number of fused-ring (bicyclic) bond motifs is 1. The fraction of sp³-hybridized carbons (Fsp3) is 0. The van der Waals surface area contributed by atoms with Gasteiger partial charge in [0.1, 0.15) is 0 Å². The fourth-order valence-electron chi connectivity index (χ4n) is 1.18. The molecule has 1 heterocycles. The molecule has 0 saturated carbocycles. The van der Waals surface area contributed by atoms with Crippen molar-refractivity contribution in [1.29, 1.82) is 0 Å². The number of halogens is 2. The average molecular weight is 259 g/mol. The lowest BCUT2D eigenvalue weighted by Gasteiger charge is -1.91. The van der Waals surface area contributed by atoms with Gasteiger partial charge in [-0.2, -0.15) is 0 Å². The summed E-state index contributed by atoms with van der Waals surface area (Å²) in [6, 6.07) is 4.09. The molecule has 0 amide bonds. The predicted molar refractivity (Wildman–Crippen MR) is 50.8 cm³/mol. The molecule has 0 saturated heterocycles. The average Bonchev–Trinajstić information content (AvgIpc) is 2.47. The highest BCUT2D eigenvalue weighted by atomic mass is 79.9. The van der Waals surface area contributed by atoms with Crippen molar-refractivity contribution >= 4 is 32.9 Å². The van der Waals surface area contributed by atoms with Crippen LogP contribution in [-0.4, -0.2) is 11.1 Å². The normalized spacial score (nSPS) is 10.7. The highest BCUT2D eigenvalue weighted by molar-refractivity contribution is 9.10. The summed E-state index contributed by atoms with van der Waals surface area (Å²) in [7, 11) is 0. The van der Waals surface area contributed by atoms with Crippen molar-refractivity contribution in [2.24, 2.45) is 0 Å². The molecule has 0 aliphatic heterocycles. The Kier molecular flexibility index (Phi) is 2.03. The van der Waals surface area contributed by atoms with E-state index >= 15 is 0 Å². The van der Waals surface area contributed by atoms with Gasteiger partial charge in [-0.3, -0.25) is 0 Å². The van der Waals surface area contributed by atoms with Crippen LogP contribution in [0.5, 0.6) is 0 Å². The second-order valence-corrected chi connectivity index (χ2v) is 3.64. The number of hydrogen-bond acceptors (Lipinski definition) is 2. The summed E-state index contributed by atoms with van der Waals surface area (Å²) in [6.07, 6.45) is 0. The molecule has 0 bridgehead atoms. The Morgan fingerprint density at radius 1 is 1.43 bits per heavy atom. The Bertz CT molecular complexity index is 518. The molecule has 14 heavy (non-hydrogen) atoms. The van der Waals surface area contributed by atoms with Crippen molar-refractivity contribution in [2.45, 2.75) is 0 Å². The van der Waals surface area contributed by atoms with Crippen LogP contribution in [0.4, 0.5) is 4.39 Å². The lowest BCUT2D eigenvalue weighted by Crippen LogP contribution is -1.91. The van der Waals surface area contributed by atoms with Crippen LogP contribution in [0.1, 0.15) is 10.6 Å². The van der Waals surface area contributed by atoms with Gasteiger partial charge in [0.15, 0.2) is 11.4 Å². The monoisotopic (exact) mass is 258 g/mol. The molecule has 0 radical (unpaired) electrons. The van der Waals surface area contributed by atoms with Crippen LogP contribution in [0.3, 0.4) is 0 Å². The van der Waals surface area contributed by atoms with Crippen molar-refractivity contribution in [3.63, 3.8) is 0 Å². The minimum Gasteiger partial charge on any atom is -0.475 e. The number of furan rings is 1. The van der Waals surface area contributed by atoms with E-state index in [2.05, 4.69) is 15.9 Å². The van der Waals surface area contributed by atoms with Crippen LogP contribution < -0.4 is 0 Å². The first-order chi connectivity index (χ1) is 6.58. The Morgan fingerprint density at radius 2 is 2.14 bits per heavy atom. The van der Waals surface area contributed by atoms with E-state index in [4.69, 9.17) is 9.52 Å². The van der Waals surface area contributed by atoms with Crippen LogP contribution in [0.2, 0.25) is 0 Å². The zero-order valence-electron chi connectivity index (χ0n) is 6.75. The largest absolute Gasteiger partial charge is 0.475 e. The second-order valence-electron chi connectivity index (χ2n) is 2.72. The summed E-state index contributed by atoms with van der Waals surface area (Å²) in [6.45, 7) is 0. The van der Waals surface area contributed by atoms with Gasteiger partial charge in [-0.25, -0.2) is 9.18 Å². The summed E-state index contributed by atoms with van der Waals surface area (Å²) in [4.78, 5) is 10.5. The summed E-state index contributed by atoms with van der Waals surface area (Å²) in [5, 5.41) is 9.04. The zero-order valence-corrected chi connectivity index (χ0v) is 8.34. The van der Waals surface area contributed by atoms with E-state index in [0.717, 1.165) is 0 Å². The molecule has 1 N–H and O–H groups in total. The van der Waals surface area contributed by atoms with Crippen LogP contribution in [-0.2, 0) is 0 Å². The molecule has 2 rings (SSSR count). The third kappa shape index (κ3) is 1.39. The maximum Gasteiger partial charge on any atom is 0.371 e. The van der Waals surface area contributed by atoms with E-state index in [1.54, 1.807) is 6.07 Å². The summed E-state index contributed by atoms with van der Waals surface area (Å²) in [5.41, 5.74) is -0.0365. The Balaban J connectivity index is 2.76. The van der Waals surface area contributed by atoms with Gasteiger partial charge in [-0.1, -0.05) is 15.9 Å². The molecule has 3 nitrogen and oxygen atoms in total. The number of rotatable bonds is 1. The van der Waals surface area contributed by atoms with E-state index in [1.165, 1.54) is 12.1 Å². The van der Waals surface area contributed by atoms with Crippen molar-refractivity contribution in [3.8, 4) is 0 Å². The number of carboxylic acids is 1. The molecule has 0 atom stereocenters. The van der Waals surface area contributed by atoms with Crippen LogP contribution in [0.15, 0.2) is 27.1 Å². The zero-order chi connectivity index (χ0) is 10.3. The van der Waals surface area contributed by atoms with Gasteiger partial charge >= 0.3 is 5.97 Å². The summed E-state index contributed by atoms with van der Waals surface area (Å²) >= 11 is 3.10. The SMILES string of the molecule is O=C(O)c1cc2cc(Br)cc(F)c2o1. The highest BCUT2D eigenvalue weighted by Gasteiger charge is 2.13. The van der Waals surface area contributed by atoms with E-state index in [-0.39, 0.29) is 11.3 Å². The highest BCUT2D eigenvalue weighted by Crippen LogP contribution is 2.26. The first-order valence-electron chi connectivity index (χ1n) is 3.70. The predicted octanol–water partition coefficient (Wildman–Crippen LogP) is 3.03. The van der Waals surface area contributed by atoms with Gasteiger partial charge in [-0.05, 0) is 18.2 Å². The van der Waals surface area contributed by atoms with Crippen molar-refractivity contribution in [3.05, 3.63) is 34.2 Å². The Labute approximate surface area is 86.3 Å². The van der Waals surface area contributed by atoms with Crippen LogP contribution >= 0.6 is 15.9 Å². The lowest BCUT2D eigenvalue weighted by molar-refractivity contribution is 0.0665. The smallest absolute Gasteiger partial charge is 0.371 e. The molecular weight excluding hydrogens is 255 g/mol. The molecular formula is C9H4BrFO3. The topological polar surface area (TPSA) is 50.4 Å². The number of carbonyl (C=O) groups is 1. The van der Waals surface area contributed by atoms with Crippen molar-refractivity contribution in [2.75, 3.05) is 0 Å². The van der Waals surface area contributed by atoms with E-state index in [0.29, 0.717) is 9.86 Å². The minimum absolute atomic E-state index is 0.0365. The molecule has 0 aliphatic rings. The van der Waals surface area contributed by atoms with Gasteiger partial charge in [0.05, 0.1) is 0 Å². The third-order valence-corrected chi connectivity index (χ3v) is 2.20. The van der Waals surface area contributed by atoms with Gasteiger partial charge in [0, 0.05) is 9.86 Å². The van der Waals surface area contributed by atoms with Gasteiger partial charge in [-0.15, -0.1) is 0 Å². The number of aromatic carboxylic acids is 1. The van der Waals surface area contributed by atoms with Crippen molar-refractivity contribution in [1.82, 2.24) is 0 Å². The Hall–Kier alpha value is -1.36. The van der Waals surface area contributed by atoms with Crippen molar-refractivity contribution < 1.29 is 18.7 Å². The van der Waals surface area contributed by atoms with Gasteiger partial charge < -0.3 is 9.52 Å². The van der Waals surface area contributed by atoms with Gasteiger partial charge in [0.2, 0.25) is 5.76 Å². The molecule has 72 valence electrons. The first kappa shape index (κ1) is 9.21. The maximum atomic E-state index is 13.2. The summed E-state index contributed by atoms with van der Waals surface area (Å²) in [5.74, 6) is -2.06. The molecule has 1 aromatic carbocycles. The number of carboxylic acid groups (broad SMARTS) is 1.